The number of rotatable bonds is 6. The lowest BCUT2D eigenvalue weighted by Crippen LogP contribution is -2.36. The summed E-state index contributed by atoms with van der Waals surface area (Å²) >= 11 is 0. The molecule has 0 unspecified atom stereocenters. The Kier molecular flexibility index (Phi) is 6.49. The molecule has 172 valence electrons. The predicted octanol–water partition coefficient (Wildman–Crippen LogP) is 4.70. The third-order valence-corrected chi connectivity index (χ3v) is 5.56. The monoisotopic (exact) mass is 446 g/mol. The van der Waals surface area contributed by atoms with Crippen molar-refractivity contribution < 1.29 is 14.3 Å². The number of carbonyl (C=O) groups excluding carboxylic acids is 2. The molecule has 1 N–H and O–H groups in total. The van der Waals surface area contributed by atoms with Crippen LogP contribution in [0.5, 0.6) is 5.75 Å². The van der Waals surface area contributed by atoms with Crippen LogP contribution in [0.4, 0.5) is 5.69 Å². The van der Waals surface area contributed by atoms with Crippen LogP contribution in [0, 0.1) is 0 Å². The van der Waals surface area contributed by atoms with Crippen molar-refractivity contribution in [3.05, 3.63) is 77.4 Å². The fourth-order valence-corrected chi connectivity index (χ4v) is 4.13. The second-order valence-corrected chi connectivity index (χ2v) is 8.78. The Balaban J connectivity index is 1.54. The summed E-state index contributed by atoms with van der Waals surface area (Å²) < 4.78 is 7.66. The highest BCUT2D eigenvalue weighted by atomic mass is 16.5. The van der Waals surface area contributed by atoms with Gasteiger partial charge in [-0.3, -0.25) is 9.59 Å². The predicted molar refractivity (Wildman–Crippen MR) is 128 cm³/mol. The van der Waals surface area contributed by atoms with Crippen LogP contribution in [0.15, 0.2) is 54.6 Å². The van der Waals surface area contributed by atoms with Gasteiger partial charge < -0.3 is 19.5 Å². The molecule has 0 radical (unpaired) electrons. The van der Waals surface area contributed by atoms with Crippen molar-refractivity contribution in [2.45, 2.75) is 52.8 Å². The third-order valence-electron chi connectivity index (χ3n) is 5.56. The largest absolute Gasteiger partial charge is 0.491 e. The fraction of sp³-hybridized carbons (Fsp3) is 0.346. The lowest BCUT2D eigenvalue weighted by atomic mass is 10.1. The Labute approximate surface area is 194 Å². The summed E-state index contributed by atoms with van der Waals surface area (Å²) in [5, 5.41) is 2.94. The summed E-state index contributed by atoms with van der Waals surface area (Å²) in [6.07, 6.45) is 0.747. The molecule has 7 heteroatoms. The Morgan fingerprint density at radius 3 is 2.33 bits per heavy atom. The summed E-state index contributed by atoms with van der Waals surface area (Å²) in [6, 6.07) is 16.6. The SMILES string of the molecule is CC(C)Oc1ccc(NC(=O)c2nc3c(n2C(C)C)CCN(C(=O)c2ccccc2)C3)cc1. The van der Waals surface area contributed by atoms with Crippen molar-refractivity contribution in [2.24, 2.45) is 0 Å². The quantitative estimate of drug-likeness (QED) is 0.595. The first-order valence-electron chi connectivity index (χ1n) is 11.4. The van der Waals surface area contributed by atoms with Gasteiger partial charge in [-0.1, -0.05) is 18.2 Å². The van der Waals surface area contributed by atoms with Gasteiger partial charge in [0, 0.05) is 36.0 Å². The van der Waals surface area contributed by atoms with Crippen molar-refractivity contribution in [1.82, 2.24) is 14.5 Å². The van der Waals surface area contributed by atoms with E-state index in [1.807, 2.05) is 86.9 Å². The van der Waals surface area contributed by atoms with Crippen LogP contribution in [0.2, 0.25) is 0 Å². The molecule has 0 fully saturated rings. The highest BCUT2D eigenvalue weighted by Crippen LogP contribution is 2.26. The highest BCUT2D eigenvalue weighted by Gasteiger charge is 2.30. The van der Waals surface area contributed by atoms with Gasteiger partial charge >= 0.3 is 0 Å². The maximum absolute atomic E-state index is 13.2. The number of benzene rings is 2. The van der Waals surface area contributed by atoms with E-state index in [1.54, 1.807) is 4.90 Å². The minimum atomic E-state index is -0.267. The van der Waals surface area contributed by atoms with E-state index >= 15 is 0 Å². The molecular formula is C26H30N4O3. The number of nitrogens with zero attached hydrogens (tertiary/aromatic N) is 3. The molecule has 1 aliphatic heterocycles. The molecule has 0 spiro atoms. The molecule has 3 aromatic rings. The summed E-state index contributed by atoms with van der Waals surface area (Å²) in [5.41, 5.74) is 3.14. The van der Waals surface area contributed by atoms with Crippen LogP contribution in [0.1, 0.15) is 66.1 Å². The maximum atomic E-state index is 13.2. The number of fused-ring (bicyclic) bond motifs is 1. The molecule has 2 heterocycles. The van der Waals surface area contributed by atoms with Crippen LogP contribution >= 0.6 is 0 Å². The van der Waals surface area contributed by atoms with Gasteiger partial charge in [0.25, 0.3) is 11.8 Å². The molecule has 0 aliphatic carbocycles. The molecule has 33 heavy (non-hydrogen) atoms. The number of amides is 2. The van der Waals surface area contributed by atoms with Crippen molar-refractivity contribution in [2.75, 3.05) is 11.9 Å². The van der Waals surface area contributed by atoms with E-state index in [0.29, 0.717) is 36.6 Å². The van der Waals surface area contributed by atoms with E-state index in [2.05, 4.69) is 10.3 Å². The number of carbonyl (C=O) groups is 2. The molecule has 1 aliphatic rings. The molecule has 1 aromatic heterocycles. The second kappa shape index (κ2) is 9.48. The summed E-state index contributed by atoms with van der Waals surface area (Å²) in [5.74, 6) is 0.837. The number of hydrogen-bond acceptors (Lipinski definition) is 4. The van der Waals surface area contributed by atoms with Gasteiger partial charge in [0.05, 0.1) is 18.3 Å². The Bertz CT molecular complexity index is 1130. The Morgan fingerprint density at radius 1 is 1.00 bits per heavy atom. The lowest BCUT2D eigenvalue weighted by molar-refractivity contribution is 0.0730. The molecule has 0 saturated heterocycles. The maximum Gasteiger partial charge on any atom is 0.291 e. The first-order valence-corrected chi connectivity index (χ1v) is 11.4. The minimum absolute atomic E-state index is 0.0185. The zero-order chi connectivity index (χ0) is 23.5. The molecule has 0 bridgehead atoms. The third kappa shape index (κ3) is 4.92. The van der Waals surface area contributed by atoms with Gasteiger partial charge in [-0.15, -0.1) is 0 Å². The van der Waals surface area contributed by atoms with Crippen molar-refractivity contribution >= 4 is 17.5 Å². The number of imidazole rings is 1. The van der Waals surface area contributed by atoms with E-state index in [0.717, 1.165) is 17.1 Å². The van der Waals surface area contributed by atoms with Gasteiger partial charge in [0.1, 0.15) is 5.75 Å². The lowest BCUT2D eigenvalue weighted by Gasteiger charge is -2.28. The van der Waals surface area contributed by atoms with Crippen molar-refractivity contribution in [1.29, 1.82) is 0 Å². The van der Waals surface area contributed by atoms with Crippen LogP contribution < -0.4 is 10.1 Å². The smallest absolute Gasteiger partial charge is 0.291 e. The van der Waals surface area contributed by atoms with Crippen LogP contribution in [0.3, 0.4) is 0 Å². The van der Waals surface area contributed by atoms with E-state index in [9.17, 15) is 9.59 Å². The average molecular weight is 447 g/mol. The summed E-state index contributed by atoms with van der Waals surface area (Å²) in [6.45, 7) is 9.01. The minimum Gasteiger partial charge on any atom is -0.491 e. The van der Waals surface area contributed by atoms with E-state index in [1.165, 1.54) is 0 Å². The molecule has 2 amide bonds. The Hall–Kier alpha value is -3.61. The van der Waals surface area contributed by atoms with Crippen molar-refractivity contribution in [3.63, 3.8) is 0 Å². The zero-order valence-electron chi connectivity index (χ0n) is 19.5. The zero-order valence-corrected chi connectivity index (χ0v) is 19.5. The van der Waals surface area contributed by atoms with E-state index in [-0.39, 0.29) is 24.0 Å². The summed E-state index contributed by atoms with van der Waals surface area (Å²) in [4.78, 5) is 32.5. The normalized spacial score (nSPS) is 13.2. The number of aromatic nitrogens is 2. The van der Waals surface area contributed by atoms with Gasteiger partial charge in [0.15, 0.2) is 5.82 Å². The van der Waals surface area contributed by atoms with Gasteiger partial charge in [-0.2, -0.15) is 0 Å². The second-order valence-electron chi connectivity index (χ2n) is 8.78. The standard InChI is InChI=1S/C26H30N4O3/c1-17(2)30-23-14-15-29(26(32)19-8-6-5-7-9-19)16-22(23)28-24(30)25(31)27-20-10-12-21(13-11-20)33-18(3)4/h5-13,17-18H,14-16H2,1-4H3,(H,27,31). The number of anilines is 1. The highest BCUT2D eigenvalue weighted by molar-refractivity contribution is 6.02. The van der Waals surface area contributed by atoms with Gasteiger partial charge in [-0.05, 0) is 64.1 Å². The molecule has 0 atom stereocenters. The molecule has 4 rings (SSSR count). The number of ether oxygens (including phenoxy) is 1. The van der Waals surface area contributed by atoms with Crippen LogP contribution in [-0.4, -0.2) is 38.9 Å². The number of hydrogen-bond donors (Lipinski definition) is 1. The first kappa shape index (κ1) is 22.6. The van der Waals surface area contributed by atoms with Gasteiger partial charge in [0.2, 0.25) is 0 Å². The van der Waals surface area contributed by atoms with E-state index in [4.69, 9.17) is 4.74 Å². The Morgan fingerprint density at radius 2 is 1.70 bits per heavy atom. The molecule has 7 nitrogen and oxygen atoms in total. The summed E-state index contributed by atoms with van der Waals surface area (Å²) in [7, 11) is 0. The molecule has 2 aromatic carbocycles. The van der Waals surface area contributed by atoms with E-state index < -0.39 is 0 Å². The van der Waals surface area contributed by atoms with Crippen molar-refractivity contribution in [3.8, 4) is 5.75 Å². The van der Waals surface area contributed by atoms with Crippen LogP contribution in [-0.2, 0) is 13.0 Å². The molecule has 0 saturated carbocycles. The first-order chi connectivity index (χ1) is 15.8. The van der Waals surface area contributed by atoms with Crippen LogP contribution in [0.25, 0.3) is 0 Å². The fourth-order valence-electron chi connectivity index (χ4n) is 4.13. The number of nitrogens with one attached hydrogen (secondary N) is 1. The topological polar surface area (TPSA) is 76.5 Å². The molecular weight excluding hydrogens is 416 g/mol. The average Bonchev–Trinajstić information content (AvgIpc) is 3.19. The van der Waals surface area contributed by atoms with Gasteiger partial charge in [-0.25, -0.2) is 4.98 Å².